The number of nitro groups is 1. The van der Waals surface area contributed by atoms with Crippen molar-refractivity contribution in [2.45, 2.75) is 26.0 Å². The van der Waals surface area contributed by atoms with E-state index >= 15 is 0 Å². The quantitative estimate of drug-likeness (QED) is 0.665. The molecule has 1 aliphatic rings. The van der Waals surface area contributed by atoms with E-state index in [9.17, 15) is 24.4 Å². The molecule has 2 atom stereocenters. The van der Waals surface area contributed by atoms with Crippen LogP contribution in [0.3, 0.4) is 0 Å². The maximum Gasteiger partial charge on any atom is 0.282 e. The van der Waals surface area contributed by atoms with E-state index in [4.69, 9.17) is 0 Å². The molecular formula is C15H20FN3O4. The molecule has 1 saturated heterocycles. The van der Waals surface area contributed by atoms with Crippen LogP contribution in [-0.4, -0.2) is 64.1 Å². The van der Waals surface area contributed by atoms with Crippen molar-refractivity contribution >= 4 is 11.6 Å². The van der Waals surface area contributed by atoms with Crippen LogP contribution in [0.25, 0.3) is 0 Å². The summed E-state index contributed by atoms with van der Waals surface area (Å²) in [4.78, 5) is 26.5. The third kappa shape index (κ3) is 4.02. The number of nitro benzene ring substituents is 1. The molecule has 1 aromatic carbocycles. The molecule has 1 N–H and O–H groups in total. The molecule has 1 aliphatic heterocycles. The molecule has 1 fully saturated rings. The summed E-state index contributed by atoms with van der Waals surface area (Å²) in [7, 11) is 0. The fourth-order valence-electron chi connectivity index (χ4n) is 2.87. The Bertz CT molecular complexity index is 608. The lowest BCUT2D eigenvalue weighted by Gasteiger charge is -2.40. The lowest BCUT2D eigenvalue weighted by molar-refractivity contribution is -0.385. The maximum atomic E-state index is 13.4. The number of nitrogens with zero attached hydrogens (tertiary/aromatic N) is 3. The summed E-state index contributed by atoms with van der Waals surface area (Å²) in [5.41, 5.74) is -0.624. The molecule has 0 aromatic heterocycles. The zero-order valence-electron chi connectivity index (χ0n) is 13.1. The van der Waals surface area contributed by atoms with E-state index in [-0.39, 0.29) is 11.6 Å². The topological polar surface area (TPSA) is 86.9 Å². The van der Waals surface area contributed by atoms with Crippen molar-refractivity contribution in [2.75, 3.05) is 26.2 Å². The molecule has 23 heavy (non-hydrogen) atoms. The molecule has 0 saturated carbocycles. The number of piperazine rings is 1. The van der Waals surface area contributed by atoms with Gasteiger partial charge in [0, 0.05) is 38.3 Å². The highest BCUT2D eigenvalue weighted by Crippen LogP contribution is 2.23. The standard InChI is InChI=1S/C15H20FN3O4/c1-10-8-17(9-11(2)20)5-6-18(10)15(21)13-7-12(16)3-4-14(13)19(22)23/h3-4,7,10-11,20H,5-6,8-9H2,1-2H3/t10-,11+/m0/s1. The predicted molar refractivity (Wildman–Crippen MR) is 81.7 cm³/mol. The first-order valence-corrected chi connectivity index (χ1v) is 7.45. The summed E-state index contributed by atoms with van der Waals surface area (Å²) in [5, 5.41) is 20.5. The second kappa shape index (κ2) is 7.01. The first kappa shape index (κ1) is 17.3. The van der Waals surface area contributed by atoms with E-state index in [2.05, 4.69) is 0 Å². The summed E-state index contributed by atoms with van der Waals surface area (Å²) in [6.07, 6.45) is -0.464. The summed E-state index contributed by atoms with van der Waals surface area (Å²) in [5.74, 6) is -1.22. The Hall–Kier alpha value is -2.06. The highest BCUT2D eigenvalue weighted by molar-refractivity contribution is 5.98. The van der Waals surface area contributed by atoms with Gasteiger partial charge >= 0.3 is 0 Å². The summed E-state index contributed by atoms with van der Waals surface area (Å²) >= 11 is 0. The molecule has 1 amide bonds. The SMILES string of the molecule is C[C@@H](O)CN1CCN(C(=O)c2cc(F)ccc2[N+](=O)[O-])[C@@H](C)C1. The minimum absolute atomic E-state index is 0.183. The van der Waals surface area contributed by atoms with Gasteiger partial charge in [0.05, 0.1) is 11.0 Å². The van der Waals surface area contributed by atoms with Crippen molar-refractivity contribution in [3.8, 4) is 0 Å². The number of hydrogen-bond acceptors (Lipinski definition) is 5. The second-order valence-electron chi connectivity index (χ2n) is 5.87. The maximum absolute atomic E-state index is 13.4. The van der Waals surface area contributed by atoms with E-state index in [1.807, 2.05) is 11.8 Å². The summed E-state index contributed by atoms with van der Waals surface area (Å²) in [6, 6.07) is 2.71. The molecule has 1 heterocycles. The molecule has 0 unspecified atom stereocenters. The van der Waals surface area contributed by atoms with Crippen LogP contribution in [0.15, 0.2) is 18.2 Å². The van der Waals surface area contributed by atoms with Crippen LogP contribution < -0.4 is 0 Å². The van der Waals surface area contributed by atoms with Crippen molar-refractivity contribution < 1.29 is 19.2 Å². The molecular weight excluding hydrogens is 305 g/mol. The number of rotatable bonds is 4. The van der Waals surface area contributed by atoms with Gasteiger partial charge in [0.15, 0.2) is 0 Å². The molecule has 0 aliphatic carbocycles. The number of benzene rings is 1. The van der Waals surface area contributed by atoms with Crippen molar-refractivity contribution in [2.24, 2.45) is 0 Å². The minimum atomic E-state index is -0.681. The fraction of sp³-hybridized carbons (Fsp3) is 0.533. The average Bonchev–Trinajstić information content (AvgIpc) is 2.45. The molecule has 7 nitrogen and oxygen atoms in total. The summed E-state index contributed by atoms with van der Waals surface area (Å²) in [6.45, 7) is 5.52. The number of β-amino-alcohol motifs (C(OH)–C–C–N with tert-alkyl or cyclic N) is 1. The Morgan fingerprint density at radius 3 is 2.78 bits per heavy atom. The molecule has 126 valence electrons. The van der Waals surface area contributed by atoms with Gasteiger partial charge in [-0.15, -0.1) is 0 Å². The average molecular weight is 325 g/mol. The molecule has 2 rings (SSSR count). The Morgan fingerprint density at radius 1 is 1.52 bits per heavy atom. The normalized spacial score (nSPS) is 20.3. The van der Waals surface area contributed by atoms with Crippen LogP contribution in [0.1, 0.15) is 24.2 Å². The van der Waals surface area contributed by atoms with Gasteiger partial charge in [-0.2, -0.15) is 0 Å². The summed E-state index contributed by atoms with van der Waals surface area (Å²) < 4.78 is 13.4. The Balaban J connectivity index is 2.18. The lowest BCUT2D eigenvalue weighted by Crippen LogP contribution is -2.55. The van der Waals surface area contributed by atoms with Gasteiger partial charge in [-0.25, -0.2) is 4.39 Å². The number of carbonyl (C=O) groups excluding carboxylic acids is 1. The van der Waals surface area contributed by atoms with E-state index < -0.39 is 28.4 Å². The van der Waals surface area contributed by atoms with Crippen LogP contribution >= 0.6 is 0 Å². The number of hydrogen-bond donors (Lipinski definition) is 1. The first-order valence-electron chi connectivity index (χ1n) is 7.45. The number of carbonyl (C=O) groups is 1. The van der Waals surface area contributed by atoms with Gasteiger partial charge in [0.25, 0.3) is 11.6 Å². The van der Waals surface area contributed by atoms with Crippen molar-refractivity contribution in [1.82, 2.24) is 9.80 Å². The van der Waals surface area contributed by atoms with Gasteiger partial charge in [-0.05, 0) is 26.0 Å². The largest absolute Gasteiger partial charge is 0.392 e. The Labute approximate surface area is 133 Å². The molecule has 0 radical (unpaired) electrons. The van der Waals surface area contributed by atoms with Gasteiger partial charge in [-0.3, -0.25) is 19.8 Å². The van der Waals surface area contributed by atoms with Crippen LogP contribution in [0.2, 0.25) is 0 Å². The van der Waals surface area contributed by atoms with Crippen LogP contribution in [0.5, 0.6) is 0 Å². The smallest absolute Gasteiger partial charge is 0.282 e. The minimum Gasteiger partial charge on any atom is -0.392 e. The third-order valence-corrected chi connectivity index (χ3v) is 3.88. The van der Waals surface area contributed by atoms with E-state index in [1.54, 1.807) is 6.92 Å². The highest BCUT2D eigenvalue weighted by Gasteiger charge is 2.32. The highest BCUT2D eigenvalue weighted by atomic mass is 19.1. The third-order valence-electron chi connectivity index (χ3n) is 3.88. The molecule has 1 aromatic rings. The molecule has 0 bridgehead atoms. The predicted octanol–water partition coefficient (Wildman–Crippen LogP) is 1.26. The van der Waals surface area contributed by atoms with Gasteiger partial charge in [0.2, 0.25) is 0 Å². The Morgan fingerprint density at radius 2 is 2.22 bits per heavy atom. The first-order chi connectivity index (χ1) is 10.8. The van der Waals surface area contributed by atoms with Crippen LogP contribution in [0, 0.1) is 15.9 Å². The molecule has 8 heteroatoms. The van der Waals surface area contributed by atoms with Crippen molar-refractivity contribution in [3.63, 3.8) is 0 Å². The number of amides is 1. The zero-order valence-corrected chi connectivity index (χ0v) is 13.1. The van der Waals surface area contributed by atoms with E-state index in [1.165, 1.54) is 4.90 Å². The lowest BCUT2D eigenvalue weighted by atomic mass is 10.1. The zero-order chi connectivity index (χ0) is 17.1. The fourth-order valence-corrected chi connectivity index (χ4v) is 2.87. The second-order valence-corrected chi connectivity index (χ2v) is 5.87. The van der Waals surface area contributed by atoms with E-state index in [0.29, 0.717) is 26.2 Å². The van der Waals surface area contributed by atoms with Crippen LogP contribution in [-0.2, 0) is 0 Å². The molecule has 0 spiro atoms. The van der Waals surface area contributed by atoms with Gasteiger partial charge in [-0.1, -0.05) is 0 Å². The van der Waals surface area contributed by atoms with Crippen molar-refractivity contribution in [1.29, 1.82) is 0 Å². The van der Waals surface area contributed by atoms with Crippen LogP contribution in [0.4, 0.5) is 10.1 Å². The number of halogens is 1. The van der Waals surface area contributed by atoms with Gasteiger partial charge < -0.3 is 10.0 Å². The monoisotopic (exact) mass is 325 g/mol. The Kier molecular flexibility index (Phi) is 5.27. The van der Waals surface area contributed by atoms with Crippen molar-refractivity contribution in [3.05, 3.63) is 39.7 Å². The number of aliphatic hydroxyl groups excluding tert-OH is 1. The van der Waals surface area contributed by atoms with E-state index in [0.717, 1.165) is 18.2 Å². The van der Waals surface area contributed by atoms with Gasteiger partial charge in [0.1, 0.15) is 11.4 Å². The number of aliphatic hydroxyl groups is 1.